The highest BCUT2D eigenvalue weighted by Gasteiger charge is 2.27. The van der Waals surface area contributed by atoms with E-state index in [1.54, 1.807) is 18.2 Å². The molecule has 0 aliphatic rings. The Morgan fingerprint density at radius 1 is 0.878 bits per heavy atom. The highest BCUT2D eigenvalue weighted by molar-refractivity contribution is 6.10. The molecule has 216 valence electrons. The van der Waals surface area contributed by atoms with E-state index in [1.165, 1.54) is 29.8 Å². The predicted octanol–water partition coefficient (Wildman–Crippen LogP) is 6.48. The van der Waals surface area contributed by atoms with Gasteiger partial charge in [0.1, 0.15) is 36.1 Å². The van der Waals surface area contributed by atoms with E-state index in [0.717, 1.165) is 11.8 Å². The lowest BCUT2D eigenvalue weighted by atomic mass is 9.72. The molecule has 0 saturated heterocycles. The van der Waals surface area contributed by atoms with E-state index in [9.17, 15) is 20.3 Å². The number of ether oxygens (including phenoxy) is 2. The number of amides is 1. The van der Waals surface area contributed by atoms with Gasteiger partial charge in [-0.2, -0.15) is 0 Å². The number of hydrogen-bond acceptors (Lipinski definition) is 6. The molecule has 0 unspecified atom stereocenters. The minimum atomic E-state index is -1.39. The molecular formula is C33H37N2O6-. The normalized spacial score (nSPS) is 12.0. The van der Waals surface area contributed by atoms with Gasteiger partial charge in [-0.15, -0.1) is 0 Å². The Morgan fingerprint density at radius 3 is 2.24 bits per heavy atom. The summed E-state index contributed by atoms with van der Waals surface area (Å²) >= 11 is 0. The van der Waals surface area contributed by atoms with Crippen LogP contribution < -0.4 is 20.0 Å². The molecule has 4 aromatic carbocycles. The first-order chi connectivity index (χ1) is 19.3. The van der Waals surface area contributed by atoms with Gasteiger partial charge in [-0.3, -0.25) is 4.79 Å². The van der Waals surface area contributed by atoms with Gasteiger partial charge in [-0.05, 0) is 52.5 Å². The number of rotatable bonds is 10. The number of phenols is 1. The molecule has 4 aromatic rings. The van der Waals surface area contributed by atoms with Crippen LogP contribution in [0.3, 0.4) is 0 Å². The van der Waals surface area contributed by atoms with Crippen LogP contribution >= 0.6 is 0 Å². The molecule has 0 heterocycles. The topological polar surface area (TPSA) is 118 Å². The number of aromatic hydroxyl groups is 1. The van der Waals surface area contributed by atoms with Crippen molar-refractivity contribution in [3.8, 4) is 17.2 Å². The number of anilines is 1. The molecule has 0 saturated carbocycles. The summed E-state index contributed by atoms with van der Waals surface area (Å²) in [6.45, 7) is 11.6. The molecule has 3 N–H and O–H groups in total. The second kappa shape index (κ2) is 12.2. The summed E-state index contributed by atoms with van der Waals surface area (Å²) in [5.41, 5.74) is 1.54. The molecule has 0 radical (unpaired) electrons. The molecule has 0 fully saturated rings. The highest BCUT2D eigenvalue weighted by Crippen LogP contribution is 2.37. The first-order valence-corrected chi connectivity index (χ1v) is 13.6. The summed E-state index contributed by atoms with van der Waals surface area (Å²) in [4.78, 5) is 13.1. The standard InChI is InChI=1S/C33H37N2O6/c1-32(2,3)21-33(4,5)23-11-14-25(15-12-23)40-18-19-41-29-17-13-24(35(38)39)20-28(29)34-31(37)27-16-10-22-8-6-7-9-26(22)30(27)36/h6-17,20,35-36H,18-19,21H2,1-5H3,(H,34,37)/q-1. The van der Waals surface area contributed by atoms with Gasteiger partial charge in [0.05, 0.1) is 11.3 Å². The van der Waals surface area contributed by atoms with Crippen molar-refractivity contribution >= 4 is 28.1 Å². The molecular weight excluding hydrogens is 520 g/mol. The molecule has 0 bridgehead atoms. The Bertz CT molecular complexity index is 1510. The first kappa shape index (κ1) is 29.9. The fourth-order valence-electron chi connectivity index (χ4n) is 5.25. The zero-order valence-corrected chi connectivity index (χ0v) is 24.1. The molecule has 0 aliphatic carbocycles. The fraction of sp³-hybridized carbons (Fsp3) is 0.303. The summed E-state index contributed by atoms with van der Waals surface area (Å²) in [6, 6.07) is 22.5. The van der Waals surface area contributed by atoms with Crippen molar-refractivity contribution in [3.05, 3.63) is 100 Å². The van der Waals surface area contributed by atoms with Crippen LogP contribution in [0.4, 0.5) is 11.4 Å². The van der Waals surface area contributed by atoms with E-state index < -0.39 is 11.1 Å². The van der Waals surface area contributed by atoms with E-state index in [1.807, 2.05) is 24.3 Å². The fourth-order valence-corrected chi connectivity index (χ4v) is 5.25. The van der Waals surface area contributed by atoms with Crippen molar-refractivity contribution in [3.63, 3.8) is 0 Å². The Kier molecular flexibility index (Phi) is 8.87. The van der Waals surface area contributed by atoms with Crippen molar-refractivity contribution in [1.82, 2.24) is 0 Å². The van der Waals surface area contributed by atoms with Crippen molar-refractivity contribution in [2.75, 3.05) is 18.5 Å². The summed E-state index contributed by atoms with van der Waals surface area (Å²) in [5, 5.41) is 36.2. The van der Waals surface area contributed by atoms with Crippen molar-refractivity contribution in [2.24, 2.45) is 5.41 Å². The van der Waals surface area contributed by atoms with Crippen molar-refractivity contribution in [1.29, 1.82) is 0 Å². The minimum absolute atomic E-state index is 0.0298. The van der Waals surface area contributed by atoms with Crippen LogP contribution in [0.2, 0.25) is 0 Å². The molecule has 0 aliphatic heterocycles. The Morgan fingerprint density at radius 2 is 1.56 bits per heavy atom. The summed E-state index contributed by atoms with van der Waals surface area (Å²) < 4.78 is 11.7. The number of fused-ring (bicyclic) bond motifs is 1. The number of phenolic OH excluding ortho intramolecular Hbond substituents is 1. The maximum Gasteiger partial charge on any atom is 0.259 e. The summed E-state index contributed by atoms with van der Waals surface area (Å²) in [6.07, 6.45) is 1.05. The largest absolute Gasteiger partial charge is 0.628 e. The van der Waals surface area contributed by atoms with Gasteiger partial charge in [0, 0.05) is 17.5 Å². The lowest BCUT2D eigenvalue weighted by molar-refractivity contribution is -0.715. The molecule has 4 rings (SSSR count). The molecule has 0 aromatic heterocycles. The maximum atomic E-state index is 13.1. The number of carbonyl (C=O) groups is 1. The van der Waals surface area contributed by atoms with Crippen LogP contribution in [-0.4, -0.2) is 24.2 Å². The summed E-state index contributed by atoms with van der Waals surface area (Å²) in [7, 11) is 0. The number of nitrogens with one attached hydrogen (secondary N) is 2. The minimum Gasteiger partial charge on any atom is -0.628 e. The van der Waals surface area contributed by atoms with Crippen LogP contribution in [0, 0.1) is 15.8 Å². The van der Waals surface area contributed by atoms with Gasteiger partial charge >= 0.3 is 0 Å². The monoisotopic (exact) mass is 557 g/mol. The van der Waals surface area contributed by atoms with Crippen LogP contribution in [0.1, 0.15) is 57.0 Å². The van der Waals surface area contributed by atoms with Crippen LogP contribution in [0.15, 0.2) is 78.9 Å². The molecule has 1 amide bonds. The van der Waals surface area contributed by atoms with Crippen molar-refractivity contribution < 1.29 is 24.6 Å². The van der Waals surface area contributed by atoms with Gasteiger partial charge in [-0.1, -0.05) is 77.1 Å². The number of hydrogen-bond donors (Lipinski definition) is 3. The second-order valence-corrected chi connectivity index (χ2v) is 12.0. The first-order valence-electron chi connectivity index (χ1n) is 13.6. The van der Waals surface area contributed by atoms with Crippen molar-refractivity contribution in [2.45, 2.75) is 46.5 Å². The number of carbonyl (C=O) groups excluding carboxylic acids is 1. The Labute approximate surface area is 240 Å². The van der Waals surface area contributed by atoms with E-state index in [2.05, 4.69) is 52.1 Å². The molecule has 0 spiro atoms. The average molecular weight is 558 g/mol. The van der Waals surface area contributed by atoms with E-state index in [0.29, 0.717) is 11.1 Å². The van der Waals surface area contributed by atoms with E-state index >= 15 is 0 Å². The van der Waals surface area contributed by atoms with Gasteiger partial charge in [-0.25, -0.2) is 0 Å². The van der Waals surface area contributed by atoms with Gasteiger partial charge in [0.15, 0.2) is 0 Å². The molecule has 41 heavy (non-hydrogen) atoms. The third kappa shape index (κ3) is 7.55. The lowest BCUT2D eigenvalue weighted by Gasteiger charge is -2.33. The zero-order chi connectivity index (χ0) is 29.8. The van der Waals surface area contributed by atoms with Crippen LogP contribution in [-0.2, 0) is 5.41 Å². The van der Waals surface area contributed by atoms with Gasteiger partial charge < -0.3 is 35.5 Å². The number of benzene rings is 4. The smallest absolute Gasteiger partial charge is 0.259 e. The number of quaternary nitrogens is 1. The Hall–Kier alpha value is -4.11. The average Bonchev–Trinajstić information content (AvgIpc) is 2.91. The molecule has 0 atom stereocenters. The molecule has 8 heteroatoms. The highest BCUT2D eigenvalue weighted by atomic mass is 16.8. The predicted molar refractivity (Wildman–Crippen MR) is 162 cm³/mol. The Balaban J connectivity index is 1.42. The third-order valence-electron chi connectivity index (χ3n) is 6.83. The SMILES string of the molecule is CC(C)(C)CC(C)(C)c1ccc(OCCOc2ccc([NH+]([O-])[O-])cc2NC(=O)c2ccc3ccccc3c2O)cc1. The molecule has 8 nitrogen and oxygen atoms in total. The van der Waals surface area contributed by atoms with E-state index in [4.69, 9.17) is 9.47 Å². The van der Waals surface area contributed by atoms with Crippen LogP contribution in [0.25, 0.3) is 10.8 Å². The quantitative estimate of drug-likeness (QED) is 0.152. The van der Waals surface area contributed by atoms with Gasteiger partial charge in [0.25, 0.3) is 5.91 Å². The second-order valence-electron chi connectivity index (χ2n) is 12.0. The zero-order valence-electron chi connectivity index (χ0n) is 24.1. The van der Waals surface area contributed by atoms with Gasteiger partial charge in [0.2, 0.25) is 0 Å². The van der Waals surface area contributed by atoms with Crippen LogP contribution in [0.5, 0.6) is 17.2 Å². The third-order valence-corrected chi connectivity index (χ3v) is 6.83. The van der Waals surface area contributed by atoms with E-state index in [-0.39, 0.29) is 52.5 Å². The lowest BCUT2D eigenvalue weighted by Crippen LogP contribution is -2.96. The summed E-state index contributed by atoms with van der Waals surface area (Å²) in [5.74, 6) is 0.183. The maximum absolute atomic E-state index is 13.1.